The van der Waals surface area contributed by atoms with Gasteiger partial charge in [0.25, 0.3) is 0 Å². The molecule has 0 aliphatic rings. The van der Waals surface area contributed by atoms with Crippen LogP contribution < -0.4 is 0 Å². The van der Waals surface area contributed by atoms with Crippen molar-refractivity contribution in [2.45, 2.75) is 361 Å². The number of allylic oxidation sites excluding steroid dienone is 16. The number of esters is 3. The Bertz CT molecular complexity index is 1610. The summed E-state index contributed by atoms with van der Waals surface area (Å²) in [7, 11) is 0. The molecule has 0 fully saturated rings. The molecule has 0 saturated carbocycles. The van der Waals surface area contributed by atoms with Gasteiger partial charge >= 0.3 is 17.9 Å². The van der Waals surface area contributed by atoms with Crippen LogP contribution in [0.5, 0.6) is 0 Å². The summed E-state index contributed by atoms with van der Waals surface area (Å²) in [4.78, 5) is 38.5. The monoisotopic (exact) mass is 1160 g/mol. The van der Waals surface area contributed by atoms with E-state index in [9.17, 15) is 14.4 Å². The molecule has 0 aromatic carbocycles. The smallest absolute Gasteiger partial charge is 0.306 e. The van der Waals surface area contributed by atoms with Crippen LogP contribution in [0.4, 0.5) is 0 Å². The van der Waals surface area contributed by atoms with Crippen molar-refractivity contribution in [1.29, 1.82) is 0 Å². The predicted octanol–water partition coefficient (Wildman–Crippen LogP) is 24.8. The van der Waals surface area contributed by atoms with Crippen molar-refractivity contribution in [3.05, 3.63) is 97.2 Å². The second-order valence-corrected chi connectivity index (χ2v) is 23.8. The molecule has 0 spiro atoms. The van der Waals surface area contributed by atoms with E-state index in [0.29, 0.717) is 19.3 Å². The highest BCUT2D eigenvalue weighted by molar-refractivity contribution is 5.71. The Morgan fingerprint density at radius 3 is 0.699 bits per heavy atom. The minimum absolute atomic E-state index is 0.0847. The first kappa shape index (κ1) is 79.3. The predicted molar refractivity (Wildman–Crippen MR) is 362 cm³/mol. The SMILES string of the molecule is CCCCC/C=C\C/C=C\C/C=C\CCCCCCCCC(=O)OCC(COC(=O)CCCCCCCCCCCC/C=C\C/C=C\C/C=C\CCCCCCC)OC(=O)CCCCCCCCCCC/C=C\C/C=C\CCCCCCC. The molecule has 0 saturated heterocycles. The van der Waals surface area contributed by atoms with Gasteiger partial charge in [-0.2, -0.15) is 0 Å². The zero-order valence-electron chi connectivity index (χ0n) is 54.9. The van der Waals surface area contributed by atoms with Gasteiger partial charge in [-0.25, -0.2) is 0 Å². The highest BCUT2D eigenvalue weighted by Crippen LogP contribution is 2.17. The molecule has 6 nitrogen and oxygen atoms in total. The van der Waals surface area contributed by atoms with E-state index in [1.54, 1.807) is 0 Å². The summed E-state index contributed by atoms with van der Waals surface area (Å²) in [6.45, 7) is 6.62. The molecule has 1 unspecified atom stereocenters. The van der Waals surface area contributed by atoms with Crippen molar-refractivity contribution >= 4 is 17.9 Å². The molecule has 0 aromatic heterocycles. The van der Waals surface area contributed by atoms with Gasteiger partial charge in [0.15, 0.2) is 6.10 Å². The molecule has 0 aliphatic heterocycles. The van der Waals surface area contributed by atoms with E-state index in [4.69, 9.17) is 14.2 Å². The van der Waals surface area contributed by atoms with E-state index in [1.165, 1.54) is 218 Å². The first-order chi connectivity index (χ1) is 41.0. The van der Waals surface area contributed by atoms with Crippen molar-refractivity contribution in [2.24, 2.45) is 0 Å². The summed E-state index contributed by atoms with van der Waals surface area (Å²) < 4.78 is 17.0. The van der Waals surface area contributed by atoms with Crippen LogP contribution in [0.3, 0.4) is 0 Å². The molecule has 0 radical (unpaired) electrons. The van der Waals surface area contributed by atoms with Crippen LogP contribution in [0.1, 0.15) is 355 Å². The third kappa shape index (κ3) is 69.0. The maximum atomic E-state index is 13.0. The fourth-order valence-electron chi connectivity index (χ4n) is 10.1. The van der Waals surface area contributed by atoms with Crippen molar-refractivity contribution in [2.75, 3.05) is 13.2 Å². The molecule has 0 aromatic rings. The van der Waals surface area contributed by atoms with E-state index in [-0.39, 0.29) is 31.1 Å². The second kappa shape index (κ2) is 70.8. The molecule has 6 heteroatoms. The zero-order valence-corrected chi connectivity index (χ0v) is 54.9. The average molecular weight is 1160 g/mol. The Balaban J connectivity index is 4.40. The van der Waals surface area contributed by atoms with Crippen LogP contribution in [0.2, 0.25) is 0 Å². The molecule has 0 amide bonds. The van der Waals surface area contributed by atoms with Gasteiger partial charge in [-0.15, -0.1) is 0 Å². The number of rotatable bonds is 65. The summed E-state index contributed by atoms with van der Waals surface area (Å²) in [5.41, 5.74) is 0. The number of carbonyl (C=O) groups excluding carboxylic acids is 3. The van der Waals surface area contributed by atoms with Gasteiger partial charge in [-0.3, -0.25) is 14.4 Å². The van der Waals surface area contributed by atoms with E-state index in [0.717, 1.165) is 96.3 Å². The number of hydrogen-bond acceptors (Lipinski definition) is 6. The Morgan fingerprint density at radius 1 is 0.241 bits per heavy atom. The van der Waals surface area contributed by atoms with E-state index in [2.05, 4.69) is 118 Å². The van der Waals surface area contributed by atoms with Crippen LogP contribution in [0.15, 0.2) is 97.2 Å². The molecule has 0 rings (SSSR count). The maximum Gasteiger partial charge on any atom is 0.306 e. The van der Waals surface area contributed by atoms with E-state index < -0.39 is 6.10 Å². The van der Waals surface area contributed by atoms with Gasteiger partial charge in [0.05, 0.1) is 0 Å². The molecule has 0 aliphatic carbocycles. The Morgan fingerprint density at radius 2 is 0.434 bits per heavy atom. The fourth-order valence-corrected chi connectivity index (χ4v) is 10.1. The molecular weight excluding hydrogens is 1020 g/mol. The first-order valence-corrected chi connectivity index (χ1v) is 35.7. The lowest BCUT2D eigenvalue weighted by Gasteiger charge is -2.18. The molecule has 478 valence electrons. The van der Waals surface area contributed by atoms with Crippen LogP contribution >= 0.6 is 0 Å². The Kier molecular flexibility index (Phi) is 67.7. The van der Waals surface area contributed by atoms with Gasteiger partial charge in [0.1, 0.15) is 13.2 Å². The second-order valence-electron chi connectivity index (χ2n) is 23.8. The summed E-state index contributed by atoms with van der Waals surface area (Å²) in [6, 6.07) is 0. The summed E-state index contributed by atoms with van der Waals surface area (Å²) in [6.07, 6.45) is 95.6. The van der Waals surface area contributed by atoms with Crippen molar-refractivity contribution < 1.29 is 28.6 Å². The summed E-state index contributed by atoms with van der Waals surface area (Å²) >= 11 is 0. The van der Waals surface area contributed by atoms with Gasteiger partial charge in [0, 0.05) is 19.3 Å². The van der Waals surface area contributed by atoms with Crippen LogP contribution in [-0.2, 0) is 28.6 Å². The van der Waals surface area contributed by atoms with Crippen molar-refractivity contribution in [3.63, 3.8) is 0 Å². The topological polar surface area (TPSA) is 78.9 Å². The van der Waals surface area contributed by atoms with Gasteiger partial charge < -0.3 is 14.2 Å². The van der Waals surface area contributed by atoms with Crippen molar-refractivity contribution in [1.82, 2.24) is 0 Å². The molecule has 0 N–H and O–H groups in total. The lowest BCUT2D eigenvalue weighted by atomic mass is 10.0. The summed E-state index contributed by atoms with van der Waals surface area (Å²) in [5.74, 6) is -0.890. The van der Waals surface area contributed by atoms with Crippen molar-refractivity contribution in [3.8, 4) is 0 Å². The number of unbranched alkanes of at least 4 members (excludes halogenated alkanes) is 38. The minimum Gasteiger partial charge on any atom is -0.462 e. The highest BCUT2D eigenvalue weighted by Gasteiger charge is 2.19. The number of hydrogen-bond donors (Lipinski definition) is 0. The van der Waals surface area contributed by atoms with E-state index in [1.807, 2.05) is 0 Å². The quantitative estimate of drug-likeness (QED) is 0.0261. The summed E-state index contributed by atoms with van der Waals surface area (Å²) in [5, 5.41) is 0. The lowest BCUT2D eigenvalue weighted by Crippen LogP contribution is -2.30. The first-order valence-electron chi connectivity index (χ1n) is 35.7. The largest absolute Gasteiger partial charge is 0.462 e. The van der Waals surface area contributed by atoms with Crippen LogP contribution in [0, 0.1) is 0 Å². The average Bonchev–Trinajstić information content (AvgIpc) is 3.49. The fraction of sp³-hybridized carbons (Fsp3) is 0.753. The molecule has 1 atom stereocenters. The molecule has 83 heavy (non-hydrogen) atoms. The highest BCUT2D eigenvalue weighted by atomic mass is 16.6. The number of ether oxygens (including phenoxy) is 3. The van der Waals surface area contributed by atoms with Gasteiger partial charge in [0.2, 0.25) is 0 Å². The number of carbonyl (C=O) groups is 3. The maximum absolute atomic E-state index is 13.0. The lowest BCUT2D eigenvalue weighted by molar-refractivity contribution is -0.167. The normalized spacial score (nSPS) is 12.7. The molecular formula is C77H134O6. The Labute approximate surface area is 515 Å². The Hall–Kier alpha value is -3.67. The third-order valence-electron chi connectivity index (χ3n) is 15.5. The standard InChI is InChI=1S/C77H134O6/c1-4-7-10-13-16-19-22-25-28-31-34-36-37-38-39-41-43-46-49-52-55-58-61-64-67-70-76(79)82-73-74(72-81-75(78)69-66-63-60-57-54-51-48-45-42-33-30-27-24-21-18-15-12-9-6-3)83-77(80)71-68-65-62-59-56-53-50-47-44-40-35-32-29-26-23-20-17-14-11-8-5-2/h18,21-23,25-27,30-32,34-35,37-38,42,45,74H,4-17,19-20,24,28-29,33,36,39-41,43-44,46-73H2,1-3H3/b21-18-,25-22-,26-23-,30-27-,34-31-,35-32-,38-37-,45-42-. The third-order valence-corrected chi connectivity index (χ3v) is 15.5. The molecule has 0 heterocycles. The molecule has 0 bridgehead atoms. The van der Waals surface area contributed by atoms with Gasteiger partial charge in [-0.05, 0) is 128 Å². The van der Waals surface area contributed by atoms with Crippen LogP contribution in [0.25, 0.3) is 0 Å². The van der Waals surface area contributed by atoms with E-state index >= 15 is 0 Å². The van der Waals surface area contributed by atoms with Gasteiger partial charge in [-0.1, -0.05) is 304 Å². The minimum atomic E-state index is -0.791. The zero-order chi connectivity index (χ0) is 59.9. The van der Waals surface area contributed by atoms with Crippen LogP contribution in [-0.4, -0.2) is 37.2 Å².